The molecular weight excluding hydrogens is 362 g/mol. The summed E-state index contributed by atoms with van der Waals surface area (Å²) in [7, 11) is 3.50. The molecule has 6 nitrogen and oxygen atoms in total. The number of aromatic nitrogens is 1. The minimum atomic E-state index is 0.693. The molecule has 3 rings (SSSR count). The van der Waals surface area contributed by atoms with Crippen molar-refractivity contribution in [3.8, 4) is 5.75 Å². The summed E-state index contributed by atoms with van der Waals surface area (Å²) in [6.07, 6.45) is 5.33. The Bertz CT molecular complexity index is 782. The summed E-state index contributed by atoms with van der Waals surface area (Å²) in [5, 5.41) is 6.72. The van der Waals surface area contributed by atoms with Crippen LogP contribution in [-0.4, -0.2) is 44.7 Å². The molecule has 1 aliphatic heterocycles. The average molecular weight is 396 g/mol. The Morgan fingerprint density at radius 3 is 2.66 bits per heavy atom. The lowest BCUT2D eigenvalue weighted by Crippen LogP contribution is -2.38. The highest BCUT2D eigenvalue weighted by Gasteiger charge is 2.16. The van der Waals surface area contributed by atoms with E-state index < -0.39 is 0 Å². The lowest BCUT2D eigenvalue weighted by Gasteiger charge is -2.31. The Morgan fingerprint density at radius 2 is 1.97 bits per heavy atom. The number of hydrogen-bond acceptors (Lipinski definition) is 4. The number of benzene rings is 1. The molecule has 1 saturated heterocycles. The number of nitrogens with zero attached hydrogens (tertiary/aromatic N) is 3. The second-order valence-corrected chi connectivity index (χ2v) is 7.61. The van der Waals surface area contributed by atoms with Gasteiger partial charge in [-0.05, 0) is 48.4 Å². The van der Waals surface area contributed by atoms with Gasteiger partial charge in [0, 0.05) is 39.4 Å². The normalized spacial score (nSPS) is 15.3. The molecule has 2 N–H and O–H groups in total. The van der Waals surface area contributed by atoms with E-state index in [2.05, 4.69) is 50.6 Å². The van der Waals surface area contributed by atoms with Crippen LogP contribution in [0.2, 0.25) is 0 Å². The largest absolute Gasteiger partial charge is 0.496 e. The molecule has 0 amide bonds. The smallest absolute Gasteiger partial charge is 0.191 e. The Balaban J connectivity index is 1.44. The zero-order valence-electron chi connectivity index (χ0n) is 17.8. The van der Waals surface area contributed by atoms with E-state index in [1.165, 1.54) is 18.4 Å². The molecule has 2 aromatic rings. The van der Waals surface area contributed by atoms with Crippen LogP contribution >= 0.6 is 0 Å². The van der Waals surface area contributed by atoms with Crippen LogP contribution in [0, 0.1) is 5.92 Å². The van der Waals surface area contributed by atoms with E-state index in [-0.39, 0.29) is 0 Å². The molecular formula is C23H33N5O. The maximum absolute atomic E-state index is 5.41. The quantitative estimate of drug-likeness (QED) is 0.557. The number of anilines is 1. The van der Waals surface area contributed by atoms with Crippen LogP contribution < -0.4 is 20.3 Å². The van der Waals surface area contributed by atoms with Gasteiger partial charge in [0.1, 0.15) is 11.6 Å². The summed E-state index contributed by atoms with van der Waals surface area (Å²) >= 11 is 0. The van der Waals surface area contributed by atoms with E-state index in [1.807, 2.05) is 24.4 Å². The number of methoxy groups -OCH3 is 1. The summed E-state index contributed by atoms with van der Waals surface area (Å²) in [5.41, 5.74) is 2.33. The first-order valence-electron chi connectivity index (χ1n) is 10.5. The van der Waals surface area contributed by atoms with Crippen molar-refractivity contribution in [2.75, 3.05) is 38.7 Å². The van der Waals surface area contributed by atoms with Crippen molar-refractivity contribution in [2.24, 2.45) is 10.9 Å². The standard InChI is InChI=1S/C23H33N5O/c1-18-11-14-28(15-12-18)22-9-8-19(16-26-22)17-27-23(24-2)25-13-10-20-6-4-5-7-21(20)29-3/h4-9,16,18H,10-15,17H2,1-3H3,(H2,24,25,27). The number of para-hydroxylation sites is 1. The van der Waals surface area contributed by atoms with Gasteiger partial charge in [-0.1, -0.05) is 31.2 Å². The van der Waals surface area contributed by atoms with Crippen molar-refractivity contribution in [3.05, 3.63) is 53.7 Å². The van der Waals surface area contributed by atoms with Crippen LogP contribution in [0.4, 0.5) is 5.82 Å². The minimum absolute atomic E-state index is 0.693. The summed E-state index contributed by atoms with van der Waals surface area (Å²) in [5.74, 6) is 3.62. The predicted molar refractivity (Wildman–Crippen MR) is 120 cm³/mol. The first-order valence-corrected chi connectivity index (χ1v) is 10.5. The zero-order chi connectivity index (χ0) is 20.5. The Labute approximate surface area is 174 Å². The predicted octanol–water partition coefficient (Wildman–Crippen LogP) is 3.23. The van der Waals surface area contributed by atoms with E-state index in [9.17, 15) is 0 Å². The van der Waals surface area contributed by atoms with Gasteiger partial charge in [-0.25, -0.2) is 4.98 Å². The molecule has 0 spiro atoms. The lowest BCUT2D eigenvalue weighted by molar-refractivity contribution is 0.409. The molecule has 0 aliphatic carbocycles. The van der Waals surface area contributed by atoms with Gasteiger partial charge in [0.25, 0.3) is 0 Å². The summed E-state index contributed by atoms with van der Waals surface area (Å²) in [6, 6.07) is 12.4. The number of guanidine groups is 1. The lowest BCUT2D eigenvalue weighted by atomic mass is 9.99. The first kappa shape index (κ1) is 21.0. The highest BCUT2D eigenvalue weighted by molar-refractivity contribution is 5.79. The number of rotatable bonds is 7. The van der Waals surface area contributed by atoms with Crippen LogP contribution in [0.5, 0.6) is 5.75 Å². The van der Waals surface area contributed by atoms with E-state index in [1.54, 1.807) is 14.2 Å². The fraction of sp³-hybridized carbons (Fsp3) is 0.478. The fourth-order valence-corrected chi connectivity index (χ4v) is 3.58. The van der Waals surface area contributed by atoms with Gasteiger partial charge in [-0.3, -0.25) is 4.99 Å². The fourth-order valence-electron chi connectivity index (χ4n) is 3.58. The highest BCUT2D eigenvalue weighted by Crippen LogP contribution is 2.21. The topological polar surface area (TPSA) is 61.8 Å². The molecule has 29 heavy (non-hydrogen) atoms. The van der Waals surface area contributed by atoms with Gasteiger partial charge in [-0.15, -0.1) is 0 Å². The summed E-state index contributed by atoms with van der Waals surface area (Å²) in [6.45, 7) is 6.02. The third-order valence-corrected chi connectivity index (χ3v) is 5.48. The first-order chi connectivity index (χ1) is 14.2. The minimum Gasteiger partial charge on any atom is -0.496 e. The van der Waals surface area contributed by atoms with E-state index in [4.69, 9.17) is 4.74 Å². The van der Waals surface area contributed by atoms with Crippen LogP contribution in [0.25, 0.3) is 0 Å². The van der Waals surface area contributed by atoms with Gasteiger partial charge in [-0.2, -0.15) is 0 Å². The SMILES string of the molecule is CN=C(NCCc1ccccc1OC)NCc1ccc(N2CCC(C)CC2)nc1. The van der Waals surface area contributed by atoms with Crippen molar-refractivity contribution in [1.82, 2.24) is 15.6 Å². The van der Waals surface area contributed by atoms with Gasteiger partial charge in [0.15, 0.2) is 5.96 Å². The maximum atomic E-state index is 5.41. The van der Waals surface area contributed by atoms with Gasteiger partial charge in [0.2, 0.25) is 0 Å². The zero-order valence-corrected chi connectivity index (χ0v) is 17.8. The molecule has 0 radical (unpaired) electrons. The van der Waals surface area contributed by atoms with Crippen LogP contribution in [0.1, 0.15) is 30.9 Å². The number of aliphatic imine (C=N–C) groups is 1. The number of hydrogen-bond donors (Lipinski definition) is 2. The second kappa shape index (κ2) is 10.7. The molecule has 0 bridgehead atoms. The third-order valence-electron chi connectivity index (χ3n) is 5.48. The second-order valence-electron chi connectivity index (χ2n) is 7.61. The molecule has 0 atom stereocenters. The molecule has 1 fully saturated rings. The molecule has 6 heteroatoms. The molecule has 1 aromatic heterocycles. The third kappa shape index (κ3) is 6.11. The number of piperidine rings is 1. The van der Waals surface area contributed by atoms with Crippen molar-refractivity contribution in [3.63, 3.8) is 0 Å². The Morgan fingerprint density at radius 1 is 1.17 bits per heavy atom. The van der Waals surface area contributed by atoms with Crippen molar-refractivity contribution in [1.29, 1.82) is 0 Å². The molecule has 2 heterocycles. The van der Waals surface area contributed by atoms with Gasteiger partial charge < -0.3 is 20.3 Å². The maximum Gasteiger partial charge on any atom is 0.191 e. The number of pyridine rings is 1. The van der Waals surface area contributed by atoms with E-state index >= 15 is 0 Å². The summed E-state index contributed by atoms with van der Waals surface area (Å²) in [4.78, 5) is 11.4. The highest BCUT2D eigenvalue weighted by atomic mass is 16.5. The monoisotopic (exact) mass is 395 g/mol. The Hall–Kier alpha value is -2.76. The van der Waals surface area contributed by atoms with Crippen molar-refractivity contribution < 1.29 is 4.74 Å². The van der Waals surface area contributed by atoms with E-state index in [0.717, 1.165) is 55.1 Å². The molecule has 156 valence electrons. The molecule has 1 aromatic carbocycles. The van der Waals surface area contributed by atoms with Gasteiger partial charge >= 0.3 is 0 Å². The summed E-state index contributed by atoms with van der Waals surface area (Å²) < 4.78 is 5.41. The van der Waals surface area contributed by atoms with Crippen molar-refractivity contribution >= 4 is 11.8 Å². The average Bonchev–Trinajstić information content (AvgIpc) is 2.77. The van der Waals surface area contributed by atoms with Crippen LogP contribution in [-0.2, 0) is 13.0 Å². The van der Waals surface area contributed by atoms with Crippen LogP contribution in [0.15, 0.2) is 47.6 Å². The number of nitrogens with one attached hydrogen (secondary N) is 2. The van der Waals surface area contributed by atoms with Crippen LogP contribution in [0.3, 0.4) is 0 Å². The Kier molecular flexibility index (Phi) is 7.73. The van der Waals surface area contributed by atoms with Gasteiger partial charge in [0.05, 0.1) is 7.11 Å². The molecule has 0 unspecified atom stereocenters. The van der Waals surface area contributed by atoms with E-state index in [0.29, 0.717) is 6.54 Å². The molecule has 0 saturated carbocycles. The molecule has 1 aliphatic rings. The van der Waals surface area contributed by atoms with Crippen molar-refractivity contribution in [2.45, 2.75) is 32.7 Å². The number of ether oxygens (including phenoxy) is 1.